The van der Waals surface area contributed by atoms with Gasteiger partial charge in [-0.25, -0.2) is 0 Å². The Kier molecular flexibility index (Phi) is 4.87. The number of hydrogen-bond acceptors (Lipinski definition) is 4. The Morgan fingerprint density at radius 2 is 1.78 bits per heavy atom. The number of piperazine rings is 1. The SMILES string of the molecule is CCc1cc(N2CCN(Cc3c(C)nn(C)c3C)CC2)c2ccccc2n1. The van der Waals surface area contributed by atoms with Crippen LogP contribution in [0.25, 0.3) is 10.9 Å². The highest BCUT2D eigenvalue weighted by molar-refractivity contribution is 5.92. The van der Waals surface area contributed by atoms with Gasteiger partial charge in [0.15, 0.2) is 0 Å². The van der Waals surface area contributed by atoms with Crippen molar-refractivity contribution < 1.29 is 0 Å². The van der Waals surface area contributed by atoms with Gasteiger partial charge in [-0.3, -0.25) is 14.6 Å². The van der Waals surface area contributed by atoms with E-state index in [4.69, 9.17) is 4.98 Å². The molecule has 1 aromatic carbocycles. The maximum absolute atomic E-state index is 4.80. The van der Waals surface area contributed by atoms with Gasteiger partial charge in [0.1, 0.15) is 0 Å². The number of para-hydroxylation sites is 1. The summed E-state index contributed by atoms with van der Waals surface area (Å²) in [5.74, 6) is 0. The molecule has 3 aromatic rings. The maximum Gasteiger partial charge on any atom is 0.0726 e. The molecule has 1 aliphatic rings. The number of aromatic nitrogens is 3. The minimum absolute atomic E-state index is 0.970. The summed E-state index contributed by atoms with van der Waals surface area (Å²) in [5.41, 5.74) is 7.44. The van der Waals surface area contributed by atoms with E-state index in [0.29, 0.717) is 0 Å². The van der Waals surface area contributed by atoms with Crippen LogP contribution in [0.3, 0.4) is 0 Å². The number of aryl methyl sites for hydroxylation is 3. The predicted octanol–water partition coefficient (Wildman–Crippen LogP) is 3.47. The van der Waals surface area contributed by atoms with Crippen LogP contribution in [0.15, 0.2) is 30.3 Å². The first-order valence-corrected chi connectivity index (χ1v) is 9.92. The number of pyridine rings is 1. The molecular formula is C22H29N5. The fourth-order valence-electron chi connectivity index (χ4n) is 4.07. The fraction of sp³-hybridized carbons (Fsp3) is 0.455. The highest BCUT2D eigenvalue weighted by Gasteiger charge is 2.21. The lowest BCUT2D eigenvalue weighted by molar-refractivity contribution is 0.249. The summed E-state index contributed by atoms with van der Waals surface area (Å²) in [6, 6.07) is 10.8. The lowest BCUT2D eigenvalue weighted by Crippen LogP contribution is -2.46. The van der Waals surface area contributed by atoms with Gasteiger partial charge in [-0.1, -0.05) is 25.1 Å². The summed E-state index contributed by atoms with van der Waals surface area (Å²) in [5, 5.41) is 5.83. The van der Waals surface area contributed by atoms with Crippen molar-refractivity contribution in [2.45, 2.75) is 33.7 Å². The van der Waals surface area contributed by atoms with Gasteiger partial charge in [0.2, 0.25) is 0 Å². The smallest absolute Gasteiger partial charge is 0.0726 e. The number of hydrogen-bond donors (Lipinski definition) is 0. The van der Waals surface area contributed by atoms with Gasteiger partial charge in [-0.05, 0) is 32.4 Å². The molecule has 27 heavy (non-hydrogen) atoms. The van der Waals surface area contributed by atoms with Crippen molar-refractivity contribution >= 4 is 16.6 Å². The van der Waals surface area contributed by atoms with E-state index < -0.39 is 0 Å². The molecule has 3 heterocycles. The van der Waals surface area contributed by atoms with Crippen LogP contribution < -0.4 is 4.90 Å². The van der Waals surface area contributed by atoms with Gasteiger partial charge >= 0.3 is 0 Å². The van der Waals surface area contributed by atoms with E-state index in [1.807, 2.05) is 11.7 Å². The van der Waals surface area contributed by atoms with Crippen LogP contribution in [-0.4, -0.2) is 45.8 Å². The average Bonchev–Trinajstić information content (AvgIpc) is 2.93. The fourth-order valence-corrected chi connectivity index (χ4v) is 4.07. The van der Waals surface area contributed by atoms with Crippen LogP contribution >= 0.6 is 0 Å². The van der Waals surface area contributed by atoms with Crippen molar-refractivity contribution in [1.29, 1.82) is 0 Å². The van der Waals surface area contributed by atoms with Crippen LogP contribution in [0.4, 0.5) is 5.69 Å². The molecule has 142 valence electrons. The normalized spacial score (nSPS) is 15.6. The predicted molar refractivity (Wildman–Crippen MR) is 111 cm³/mol. The Morgan fingerprint density at radius 3 is 2.44 bits per heavy atom. The lowest BCUT2D eigenvalue weighted by Gasteiger charge is -2.36. The molecule has 0 atom stereocenters. The molecule has 0 aliphatic carbocycles. The van der Waals surface area contributed by atoms with Crippen LogP contribution in [0.2, 0.25) is 0 Å². The minimum Gasteiger partial charge on any atom is -0.368 e. The summed E-state index contributed by atoms with van der Waals surface area (Å²) in [6.45, 7) is 11.7. The van der Waals surface area contributed by atoms with Gasteiger partial charge in [-0.15, -0.1) is 0 Å². The minimum atomic E-state index is 0.970. The van der Waals surface area contributed by atoms with Crippen LogP contribution in [-0.2, 0) is 20.0 Å². The third-order valence-corrected chi connectivity index (χ3v) is 5.86. The average molecular weight is 364 g/mol. The van der Waals surface area contributed by atoms with Crippen LogP contribution in [0.1, 0.15) is 29.6 Å². The first kappa shape index (κ1) is 18.0. The molecule has 0 saturated carbocycles. The summed E-state index contributed by atoms with van der Waals surface area (Å²) in [4.78, 5) is 9.88. The number of fused-ring (bicyclic) bond motifs is 1. The quantitative estimate of drug-likeness (QED) is 0.711. The molecule has 0 spiro atoms. The first-order valence-electron chi connectivity index (χ1n) is 9.92. The van der Waals surface area contributed by atoms with Crippen molar-refractivity contribution in [1.82, 2.24) is 19.7 Å². The number of anilines is 1. The largest absolute Gasteiger partial charge is 0.368 e. The van der Waals surface area contributed by atoms with Gasteiger partial charge in [0, 0.05) is 67.8 Å². The van der Waals surface area contributed by atoms with E-state index in [0.717, 1.165) is 50.4 Å². The van der Waals surface area contributed by atoms with Crippen molar-refractivity contribution in [3.8, 4) is 0 Å². The van der Waals surface area contributed by atoms with Crippen molar-refractivity contribution in [2.24, 2.45) is 7.05 Å². The second kappa shape index (κ2) is 7.31. The summed E-state index contributed by atoms with van der Waals surface area (Å²) in [7, 11) is 2.03. The Labute approximate surface area is 161 Å². The van der Waals surface area contributed by atoms with Gasteiger partial charge in [0.05, 0.1) is 11.2 Å². The highest BCUT2D eigenvalue weighted by Crippen LogP contribution is 2.28. The Balaban J connectivity index is 1.52. The highest BCUT2D eigenvalue weighted by atomic mass is 15.3. The number of benzene rings is 1. The second-order valence-corrected chi connectivity index (χ2v) is 7.54. The molecule has 0 radical (unpaired) electrons. The van der Waals surface area contributed by atoms with E-state index in [2.05, 4.69) is 66.0 Å². The molecule has 5 heteroatoms. The monoisotopic (exact) mass is 363 g/mol. The van der Waals surface area contributed by atoms with Crippen molar-refractivity contribution in [3.05, 3.63) is 53.0 Å². The van der Waals surface area contributed by atoms with E-state index >= 15 is 0 Å². The summed E-state index contributed by atoms with van der Waals surface area (Å²) < 4.78 is 2.00. The molecule has 5 nitrogen and oxygen atoms in total. The summed E-state index contributed by atoms with van der Waals surface area (Å²) in [6.07, 6.45) is 0.970. The van der Waals surface area contributed by atoms with E-state index in [1.54, 1.807) is 0 Å². The van der Waals surface area contributed by atoms with Gasteiger partial charge in [0.25, 0.3) is 0 Å². The maximum atomic E-state index is 4.80. The molecule has 0 bridgehead atoms. The zero-order chi connectivity index (χ0) is 19.0. The molecule has 2 aromatic heterocycles. The third-order valence-electron chi connectivity index (χ3n) is 5.86. The van der Waals surface area contributed by atoms with Crippen molar-refractivity contribution in [3.63, 3.8) is 0 Å². The zero-order valence-electron chi connectivity index (χ0n) is 16.9. The first-order chi connectivity index (χ1) is 13.1. The Morgan fingerprint density at radius 1 is 1.04 bits per heavy atom. The summed E-state index contributed by atoms with van der Waals surface area (Å²) >= 11 is 0. The molecule has 1 fully saturated rings. The topological polar surface area (TPSA) is 37.2 Å². The van der Waals surface area contributed by atoms with E-state index in [9.17, 15) is 0 Å². The van der Waals surface area contributed by atoms with Gasteiger partial charge in [-0.2, -0.15) is 5.10 Å². The standard InChI is InChI=1S/C22H29N5/c1-5-18-14-22(19-8-6-7-9-21(19)23-18)27-12-10-26(11-13-27)15-20-16(2)24-25(4)17(20)3/h6-9,14H,5,10-13,15H2,1-4H3. The molecule has 4 rings (SSSR count). The Hall–Kier alpha value is -2.40. The molecule has 1 saturated heterocycles. The lowest BCUT2D eigenvalue weighted by atomic mass is 10.1. The molecule has 0 N–H and O–H groups in total. The van der Waals surface area contributed by atoms with E-state index in [1.165, 1.54) is 28.0 Å². The van der Waals surface area contributed by atoms with E-state index in [-0.39, 0.29) is 0 Å². The second-order valence-electron chi connectivity index (χ2n) is 7.54. The number of rotatable bonds is 4. The van der Waals surface area contributed by atoms with Crippen LogP contribution in [0, 0.1) is 13.8 Å². The number of nitrogens with zero attached hydrogens (tertiary/aromatic N) is 5. The molecule has 1 aliphatic heterocycles. The van der Waals surface area contributed by atoms with Gasteiger partial charge < -0.3 is 4.90 Å². The van der Waals surface area contributed by atoms with Crippen molar-refractivity contribution in [2.75, 3.05) is 31.1 Å². The molecular weight excluding hydrogens is 334 g/mol. The van der Waals surface area contributed by atoms with Crippen LogP contribution in [0.5, 0.6) is 0 Å². The Bertz CT molecular complexity index is 951. The zero-order valence-corrected chi connectivity index (χ0v) is 16.9. The third kappa shape index (κ3) is 3.44. The molecule has 0 amide bonds. The molecule has 0 unspecified atom stereocenters.